The van der Waals surface area contributed by atoms with E-state index in [0.717, 1.165) is 37.2 Å². The summed E-state index contributed by atoms with van der Waals surface area (Å²) in [5, 5.41) is 4.62. The summed E-state index contributed by atoms with van der Waals surface area (Å²) in [4.78, 5) is 14.8. The minimum absolute atomic E-state index is 0.00851. The second kappa shape index (κ2) is 6.87. The molecule has 2 aliphatic rings. The van der Waals surface area contributed by atoms with Crippen LogP contribution >= 0.6 is 0 Å². The van der Waals surface area contributed by atoms with Gasteiger partial charge < -0.3 is 4.74 Å². The number of hydrogen-bond donors (Lipinski definition) is 0. The highest BCUT2D eigenvalue weighted by molar-refractivity contribution is 5.19. The van der Waals surface area contributed by atoms with E-state index in [9.17, 15) is 4.79 Å². The van der Waals surface area contributed by atoms with Crippen molar-refractivity contribution in [1.82, 2.24) is 14.7 Å². The van der Waals surface area contributed by atoms with E-state index in [1.165, 1.54) is 12.0 Å². The molecular weight excluding hydrogens is 302 g/mol. The lowest BCUT2D eigenvalue weighted by atomic mass is 10.1. The maximum Gasteiger partial charge on any atom is 0.267 e. The fraction of sp³-hybridized carbons (Fsp3) is 0.474. The Morgan fingerprint density at radius 3 is 3.00 bits per heavy atom. The van der Waals surface area contributed by atoms with Crippen LogP contribution in [0.2, 0.25) is 0 Å². The lowest BCUT2D eigenvalue weighted by molar-refractivity contribution is 0.107. The lowest BCUT2D eigenvalue weighted by Gasteiger charge is -2.25. The maximum absolute atomic E-state index is 12.4. The zero-order valence-corrected chi connectivity index (χ0v) is 13.9. The molecule has 0 spiro atoms. The molecule has 5 heteroatoms. The topological polar surface area (TPSA) is 47.4 Å². The van der Waals surface area contributed by atoms with Crippen molar-refractivity contribution in [2.75, 3.05) is 13.2 Å². The van der Waals surface area contributed by atoms with Crippen molar-refractivity contribution in [3.63, 3.8) is 0 Å². The van der Waals surface area contributed by atoms with E-state index in [-0.39, 0.29) is 5.56 Å². The molecule has 1 unspecified atom stereocenters. The van der Waals surface area contributed by atoms with Crippen LogP contribution in [0.3, 0.4) is 0 Å². The van der Waals surface area contributed by atoms with Crippen LogP contribution in [0.25, 0.3) is 0 Å². The van der Waals surface area contributed by atoms with Gasteiger partial charge in [-0.3, -0.25) is 9.69 Å². The lowest BCUT2D eigenvalue weighted by Crippen LogP contribution is -2.37. The van der Waals surface area contributed by atoms with Gasteiger partial charge in [0.15, 0.2) is 0 Å². The number of benzene rings is 1. The number of nitrogens with zero attached hydrogens (tertiary/aromatic N) is 3. The molecule has 126 valence electrons. The van der Waals surface area contributed by atoms with Crippen molar-refractivity contribution in [1.29, 1.82) is 0 Å². The Morgan fingerprint density at radius 1 is 1.25 bits per heavy atom. The molecule has 1 saturated heterocycles. The van der Waals surface area contributed by atoms with Gasteiger partial charge in [0, 0.05) is 30.6 Å². The number of fused-ring (bicyclic) bond motifs is 1. The Labute approximate surface area is 141 Å². The van der Waals surface area contributed by atoms with Gasteiger partial charge in [-0.15, -0.1) is 0 Å². The van der Waals surface area contributed by atoms with Crippen LogP contribution in [0.1, 0.15) is 29.7 Å². The Hall–Kier alpha value is -1.98. The van der Waals surface area contributed by atoms with Crippen molar-refractivity contribution in [3.8, 4) is 0 Å². The van der Waals surface area contributed by atoms with Gasteiger partial charge in [-0.25, -0.2) is 4.68 Å². The third-order valence-electron chi connectivity index (χ3n) is 5.02. The van der Waals surface area contributed by atoms with Crippen LogP contribution in [0.4, 0.5) is 0 Å². The Bertz CT molecular complexity index is 757. The molecule has 0 radical (unpaired) electrons. The molecular formula is C19H23N3O2. The molecule has 1 fully saturated rings. The molecule has 1 aromatic carbocycles. The van der Waals surface area contributed by atoms with Crippen LogP contribution in [-0.2, 0) is 30.9 Å². The monoisotopic (exact) mass is 325 g/mol. The normalized spacial score (nSPS) is 20.9. The standard InChI is InChI=1S/C19H23N3O2/c23-19-11-16-14-24-10-8-18(16)20-22(19)13-17-7-4-9-21(17)12-15-5-2-1-3-6-15/h1-3,5-6,11,17H,4,7-10,12-14H2. The van der Waals surface area contributed by atoms with E-state index in [2.05, 4.69) is 34.3 Å². The minimum Gasteiger partial charge on any atom is -0.376 e. The van der Waals surface area contributed by atoms with E-state index in [0.29, 0.717) is 25.8 Å². The summed E-state index contributed by atoms with van der Waals surface area (Å²) in [6, 6.07) is 12.6. The van der Waals surface area contributed by atoms with Crippen LogP contribution in [0, 0.1) is 0 Å². The summed E-state index contributed by atoms with van der Waals surface area (Å²) < 4.78 is 7.08. The van der Waals surface area contributed by atoms with E-state index in [1.807, 2.05) is 6.07 Å². The average Bonchev–Trinajstić information content (AvgIpc) is 3.03. The highest BCUT2D eigenvalue weighted by Gasteiger charge is 2.26. The van der Waals surface area contributed by atoms with Crippen molar-refractivity contribution in [2.24, 2.45) is 0 Å². The molecule has 2 aliphatic heterocycles. The SMILES string of the molecule is O=c1cc2c(nn1CC1CCCN1Cc1ccccc1)CCOC2. The fourth-order valence-electron chi connectivity index (χ4n) is 3.71. The van der Waals surface area contributed by atoms with Crippen molar-refractivity contribution in [3.05, 3.63) is 63.6 Å². The summed E-state index contributed by atoms with van der Waals surface area (Å²) in [5.74, 6) is 0. The van der Waals surface area contributed by atoms with E-state index >= 15 is 0 Å². The number of aromatic nitrogens is 2. The predicted molar refractivity (Wildman–Crippen MR) is 91.7 cm³/mol. The largest absolute Gasteiger partial charge is 0.376 e. The van der Waals surface area contributed by atoms with Gasteiger partial charge in [-0.1, -0.05) is 30.3 Å². The fourth-order valence-corrected chi connectivity index (χ4v) is 3.71. The number of likely N-dealkylation sites (tertiary alicyclic amines) is 1. The molecule has 4 rings (SSSR count). The van der Waals surface area contributed by atoms with Crippen LogP contribution < -0.4 is 5.56 Å². The van der Waals surface area contributed by atoms with E-state index < -0.39 is 0 Å². The minimum atomic E-state index is -0.00851. The summed E-state index contributed by atoms with van der Waals surface area (Å²) in [6.45, 7) is 3.93. The maximum atomic E-state index is 12.4. The molecule has 0 amide bonds. The van der Waals surface area contributed by atoms with Gasteiger partial charge in [0.1, 0.15) is 0 Å². The first kappa shape index (κ1) is 15.5. The first-order valence-electron chi connectivity index (χ1n) is 8.75. The number of rotatable bonds is 4. The summed E-state index contributed by atoms with van der Waals surface area (Å²) in [5.41, 5.74) is 3.29. The van der Waals surface area contributed by atoms with Gasteiger partial charge in [0.05, 0.1) is 25.5 Å². The second-order valence-corrected chi connectivity index (χ2v) is 6.69. The predicted octanol–water partition coefficient (Wildman–Crippen LogP) is 1.98. The van der Waals surface area contributed by atoms with Crippen molar-refractivity contribution >= 4 is 0 Å². The summed E-state index contributed by atoms with van der Waals surface area (Å²) in [6.07, 6.45) is 3.11. The van der Waals surface area contributed by atoms with E-state index in [4.69, 9.17) is 4.74 Å². The zero-order valence-electron chi connectivity index (χ0n) is 13.9. The molecule has 24 heavy (non-hydrogen) atoms. The molecule has 2 aromatic rings. The van der Waals surface area contributed by atoms with Crippen molar-refractivity contribution in [2.45, 2.75) is 45.0 Å². The molecule has 0 aliphatic carbocycles. The van der Waals surface area contributed by atoms with Gasteiger partial charge in [0.2, 0.25) is 0 Å². The number of hydrogen-bond acceptors (Lipinski definition) is 4. The highest BCUT2D eigenvalue weighted by Crippen LogP contribution is 2.21. The zero-order chi connectivity index (χ0) is 16.4. The molecule has 0 bridgehead atoms. The highest BCUT2D eigenvalue weighted by atomic mass is 16.5. The first-order chi connectivity index (χ1) is 11.8. The Morgan fingerprint density at radius 2 is 2.12 bits per heavy atom. The Kier molecular flexibility index (Phi) is 4.45. The third-order valence-corrected chi connectivity index (χ3v) is 5.02. The van der Waals surface area contributed by atoms with Crippen LogP contribution in [0.15, 0.2) is 41.2 Å². The van der Waals surface area contributed by atoms with Crippen molar-refractivity contribution < 1.29 is 4.74 Å². The average molecular weight is 325 g/mol. The number of ether oxygens (including phenoxy) is 1. The second-order valence-electron chi connectivity index (χ2n) is 6.69. The van der Waals surface area contributed by atoms with Gasteiger partial charge in [0.25, 0.3) is 5.56 Å². The Balaban J connectivity index is 1.51. The molecule has 5 nitrogen and oxygen atoms in total. The summed E-state index contributed by atoms with van der Waals surface area (Å²) in [7, 11) is 0. The molecule has 1 atom stereocenters. The first-order valence-corrected chi connectivity index (χ1v) is 8.75. The molecule has 0 N–H and O–H groups in total. The van der Waals surface area contributed by atoms with Gasteiger partial charge in [-0.2, -0.15) is 5.10 Å². The molecule has 0 saturated carbocycles. The van der Waals surface area contributed by atoms with Gasteiger partial charge in [-0.05, 0) is 24.9 Å². The smallest absolute Gasteiger partial charge is 0.267 e. The molecule has 3 heterocycles. The van der Waals surface area contributed by atoms with Crippen LogP contribution in [-0.4, -0.2) is 33.9 Å². The van der Waals surface area contributed by atoms with Crippen LogP contribution in [0.5, 0.6) is 0 Å². The third kappa shape index (κ3) is 3.28. The van der Waals surface area contributed by atoms with E-state index in [1.54, 1.807) is 10.7 Å². The quantitative estimate of drug-likeness (QED) is 0.862. The summed E-state index contributed by atoms with van der Waals surface area (Å²) >= 11 is 0. The van der Waals surface area contributed by atoms with Gasteiger partial charge >= 0.3 is 0 Å². The molecule has 1 aromatic heterocycles.